The van der Waals surface area contributed by atoms with Crippen LogP contribution in [0.4, 0.5) is 5.13 Å². The molecule has 0 N–H and O–H groups in total. The van der Waals surface area contributed by atoms with Crippen LogP contribution in [0, 0.1) is 0 Å². The number of thiazole rings is 1. The van der Waals surface area contributed by atoms with Gasteiger partial charge in [-0.05, 0) is 54.3 Å². The highest BCUT2D eigenvalue weighted by Crippen LogP contribution is 2.33. The van der Waals surface area contributed by atoms with E-state index in [0.717, 1.165) is 21.2 Å². The number of aromatic nitrogens is 1. The van der Waals surface area contributed by atoms with E-state index in [4.69, 9.17) is 11.6 Å². The second-order valence-electron chi connectivity index (χ2n) is 5.82. The molecule has 0 bridgehead atoms. The van der Waals surface area contributed by atoms with Crippen molar-refractivity contribution in [2.75, 3.05) is 32.1 Å². The fourth-order valence-electron chi connectivity index (χ4n) is 2.38. The summed E-state index contributed by atoms with van der Waals surface area (Å²) < 4.78 is 1.74. The van der Waals surface area contributed by atoms with Crippen LogP contribution < -0.4 is 4.90 Å². The molecule has 1 heterocycles. The smallest absolute Gasteiger partial charge is 0.261 e. The Morgan fingerprint density at radius 1 is 1.15 bits per heavy atom. The van der Waals surface area contributed by atoms with Gasteiger partial charge in [0.05, 0.1) is 15.3 Å². The first kappa shape index (κ1) is 21.1. The van der Waals surface area contributed by atoms with Gasteiger partial charge in [-0.15, -0.1) is 12.4 Å². The van der Waals surface area contributed by atoms with Crippen molar-refractivity contribution in [3.8, 4) is 0 Å². The SMILES string of the molecule is CN(C)CCN(C(=O)c1ccccc1Br)c1nc2c(Cl)cccc2s1.Cl. The van der Waals surface area contributed by atoms with E-state index in [0.29, 0.717) is 22.3 Å². The number of carbonyl (C=O) groups excluding carboxylic acids is 1. The van der Waals surface area contributed by atoms with Crippen molar-refractivity contribution in [2.24, 2.45) is 0 Å². The summed E-state index contributed by atoms with van der Waals surface area (Å²) in [6.45, 7) is 1.28. The van der Waals surface area contributed by atoms with Gasteiger partial charge in [-0.3, -0.25) is 9.69 Å². The molecular weight excluding hydrogens is 457 g/mol. The summed E-state index contributed by atoms with van der Waals surface area (Å²) in [5, 5.41) is 1.26. The van der Waals surface area contributed by atoms with E-state index < -0.39 is 0 Å². The molecule has 0 fully saturated rings. The van der Waals surface area contributed by atoms with E-state index >= 15 is 0 Å². The minimum Gasteiger partial charge on any atom is -0.308 e. The van der Waals surface area contributed by atoms with Crippen molar-refractivity contribution in [2.45, 2.75) is 0 Å². The molecule has 0 saturated carbocycles. The molecule has 0 saturated heterocycles. The number of halogens is 3. The maximum Gasteiger partial charge on any atom is 0.261 e. The molecule has 3 aromatic rings. The van der Waals surface area contributed by atoms with E-state index in [9.17, 15) is 4.79 Å². The zero-order valence-corrected chi connectivity index (χ0v) is 18.3. The number of nitrogens with zero attached hydrogens (tertiary/aromatic N) is 3. The number of anilines is 1. The highest BCUT2D eigenvalue weighted by Gasteiger charge is 2.23. The normalized spacial score (nSPS) is 10.8. The minimum atomic E-state index is -0.0792. The standard InChI is InChI=1S/C18H17BrClN3OS.ClH/c1-22(2)10-11-23(17(24)12-6-3-4-7-13(12)19)18-21-16-14(20)8-5-9-15(16)25-18;/h3-9H,10-11H2,1-2H3;1H. The molecule has 26 heavy (non-hydrogen) atoms. The van der Waals surface area contributed by atoms with Gasteiger partial charge in [0.2, 0.25) is 0 Å². The fourth-order valence-corrected chi connectivity index (χ4v) is 4.13. The molecule has 0 unspecified atom stereocenters. The van der Waals surface area contributed by atoms with Gasteiger partial charge in [0.15, 0.2) is 5.13 Å². The number of hydrogen-bond donors (Lipinski definition) is 0. The maximum absolute atomic E-state index is 13.2. The van der Waals surface area contributed by atoms with Crippen molar-refractivity contribution in [1.29, 1.82) is 0 Å². The Morgan fingerprint density at radius 3 is 2.54 bits per heavy atom. The van der Waals surface area contributed by atoms with Crippen LogP contribution >= 0.6 is 51.3 Å². The molecule has 1 amide bonds. The number of fused-ring (bicyclic) bond motifs is 1. The molecule has 0 radical (unpaired) electrons. The van der Waals surface area contributed by atoms with Crippen LogP contribution in [-0.4, -0.2) is 43.0 Å². The molecular formula is C18H18BrCl2N3OS. The predicted molar refractivity (Wildman–Crippen MR) is 116 cm³/mol. The van der Waals surface area contributed by atoms with Crippen LogP contribution in [0.5, 0.6) is 0 Å². The van der Waals surface area contributed by atoms with Crippen molar-refractivity contribution in [1.82, 2.24) is 9.88 Å². The summed E-state index contributed by atoms with van der Waals surface area (Å²) in [5.74, 6) is -0.0792. The van der Waals surface area contributed by atoms with Gasteiger partial charge in [0.1, 0.15) is 5.52 Å². The van der Waals surface area contributed by atoms with Crippen molar-refractivity contribution in [3.63, 3.8) is 0 Å². The summed E-state index contributed by atoms with van der Waals surface area (Å²) in [6.07, 6.45) is 0. The zero-order chi connectivity index (χ0) is 18.0. The third kappa shape index (κ3) is 4.56. The van der Waals surface area contributed by atoms with Gasteiger partial charge in [0, 0.05) is 17.6 Å². The lowest BCUT2D eigenvalue weighted by molar-refractivity contribution is 0.0984. The maximum atomic E-state index is 13.2. The molecule has 2 aromatic carbocycles. The number of amides is 1. The summed E-state index contributed by atoms with van der Waals surface area (Å²) >= 11 is 11.2. The number of likely N-dealkylation sites (N-methyl/N-ethyl adjacent to an activating group) is 1. The van der Waals surface area contributed by atoms with Gasteiger partial charge in [0.25, 0.3) is 5.91 Å². The second kappa shape index (κ2) is 9.15. The molecule has 1 aromatic heterocycles. The first-order chi connectivity index (χ1) is 12.0. The molecule has 8 heteroatoms. The summed E-state index contributed by atoms with van der Waals surface area (Å²) in [5.41, 5.74) is 1.35. The van der Waals surface area contributed by atoms with E-state index in [1.807, 2.05) is 61.5 Å². The van der Waals surface area contributed by atoms with Crippen LogP contribution in [-0.2, 0) is 0 Å². The third-order valence-electron chi connectivity index (χ3n) is 3.71. The largest absolute Gasteiger partial charge is 0.308 e. The van der Waals surface area contributed by atoms with E-state index in [-0.39, 0.29) is 18.3 Å². The number of hydrogen-bond acceptors (Lipinski definition) is 4. The Morgan fingerprint density at radius 2 is 1.88 bits per heavy atom. The van der Waals surface area contributed by atoms with Gasteiger partial charge in [-0.1, -0.05) is 41.1 Å². The number of carbonyl (C=O) groups is 1. The van der Waals surface area contributed by atoms with E-state index in [1.54, 1.807) is 4.90 Å². The van der Waals surface area contributed by atoms with Crippen molar-refractivity contribution >= 4 is 72.5 Å². The van der Waals surface area contributed by atoms with Crippen LogP contribution in [0.1, 0.15) is 10.4 Å². The Balaban J connectivity index is 0.00000243. The van der Waals surface area contributed by atoms with Crippen LogP contribution in [0.2, 0.25) is 5.02 Å². The lowest BCUT2D eigenvalue weighted by atomic mass is 10.2. The molecule has 0 aliphatic carbocycles. The predicted octanol–water partition coefficient (Wildman–Crippen LogP) is 5.34. The Bertz CT molecular complexity index is 916. The van der Waals surface area contributed by atoms with E-state index in [2.05, 4.69) is 20.9 Å². The van der Waals surface area contributed by atoms with Gasteiger partial charge in [-0.2, -0.15) is 0 Å². The Hall–Kier alpha value is -1.18. The topological polar surface area (TPSA) is 36.4 Å². The number of rotatable bonds is 5. The molecule has 4 nitrogen and oxygen atoms in total. The molecule has 0 aliphatic rings. The summed E-state index contributed by atoms with van der Waals surface area (Å²) in [7, 11) is 3.96. The minimum absolute atomic E-state index is 0. The lowest BCUT2D eigenvalue weighted by Gasteiger charge is -2.22. The quantitative estimate of drug-likeness (QED) is 0.500. The first-order valence-electron chi connectivity index (χ1n) is 7.73. The number of benzene rings is 2. The van der Waals surface area contributed by atoms with Crippen LogP contribution in [0.25, 0.3) is 10.2 Å². The molecule has 3 rings (SSSR count). The average molecular weight is 475 g/mol. The van der Waals surface area contributed by atoms with Gasteiger partial charge >= 0.3 is 0 Å². The van der Waals surface area contributed by atoms with Crippen LogP contribution in [0.15, 0.2) is 46.9 Å². The fraction of sp³-hybridized carbons (Fsp3) is 0.222. The van der Waals surface area contributed by atoms with Crippen LogP contribution in [0.3, 0.4) is 0 Å². The first-order valence-corrected chi connectivity index (χ1v) is 9.72. The zero-order valence-electron chi connectivity index (χ0n) is 14.3. The molecule has 138 valence electrons. The molecule has 0 atom stereocenters. The molecule has 0 spiro atoms. The highest BCUT2D eigenvalue weighted by molar-refractivity contribution is 9.10. The van der Waals surface area contributed by atoms with Gasteiger partial charge < -0.3 is 4.90 Å². The Kier molecular flexibility index (Phi) is 7.43. The summed E-state index contributed by atoms with van der Waals surface area (Å²) in [4.78, 5) is 21.5. The lowest BCUT2D eigenvalue weighted by Crippen LogP contribution is -2.36. The molecule has 0 aliphatic heterocycles. The van der Waals surface area contributed by atoms with Gasteiger partial charge in [-0.25, -0.2) is 4.98 Å². The Labute approximate surface area is 176 Å². The van der Waals surface area contributed by atoms with Crippen molar-refractivity contribution < 1.29 is 4.79 Å². The van der Waals surface area contributed by atoms with E-state index in [1.165, 1.54) is 11.3 Å². The number of para-hydroxylation sites is 1. The second-order valence-corrected chi connectivity index (χ2v) is 8.09. The summed E-state index contributed by atoms with van der Waals surface area (Å²) in [6, 6.07) is 13.1. The monoisotopic (exact) mass is 473 g/mol. The third-order valence-corrected chi connectivity index (χ3v) is 5.75. The van der Waals surface area contributed by atoms with Crippen molar-refractivity contribution in [3.05, 3.63) is 57.5 Å². The average Bonchev–Trinajstić information content (AvgIpc) is 3.00. The highest BCUT2D eigenvalue weighted by atomic mass is 79.9.